The van der Waals surface area contributed by atoms with E-state index in [0.29, 0.717) is 5.41 Å². The summed E-state index contributed by atoms with van der Waals surface area (Å²) in [6.07, 6.45) is 8.38. The molecule has 0 unspecified atom stereocenters. The molecule has 0 bridgehead atoms. The Morgan fingerprint density at radius 1 is 1.19 bits per heavy atom. The largest absolute Gasteiger partial charge is 0.380 e. The maximum Gasteiger partial charge on any atom is 0.0547 e. The molecule has 1 saturated carbocycles. The summed E-state index contributed by atoms with van der Waals surface area (Å²) in [5, 5.41) is 0. The van der Waals surface area contributed by atoms with Gasteiger partial charge in [0.1, 0.15) is 0 Å². The van der Waals surface area contributed by atoms with E-state index >= 15 is 0 Å². The molecule has 94 valence electrons. The van der Waals surface area contributed by atoms with E-state index in [-0.39, 0.29) is 5.41 Å². The van der Waals surface area contributed by atoms with Crippen molar-refractivity contribution >= 4 is 0 Å². The molecule has 2 N–H and O–H groups in total. The zero-order valence-corrected chi connectivity index (χ0v) is 10.9. The lowest BCUT2D eigenvalue weighted by molar-refractivity contribution is -0.169. The van der Waals surface area contributed by atoms with E-state index in [1.807, 2.05) is 0 Å². The van der Waals surface area contributed by atoms with Gasteiger partial charge < -0.3 is 10.5 Å². The molecular weight excluding hydrogens is 198 g/mol. The van der Waals surface area contributed by atoms with Gasteiger partial charge in [0, 0.05) is 5.41 Å². The summed E-state index contributed by atoms with van der Waals surface area (Å²) in [4.78, 5) is 0. The van der Waals surface area contributed by atoms with Gasteiger partial charge in [-0.1, -0.05) is 33.1 Å². The van der Waals surface area contributed by atoms with Crippen molar-refractivity contribution in [3.63, 3.8) is 0 Å². The van der Waals surface area contributed by atoms with Crippen molar-refractivity contribution in [1.29, 1.82) is 0 Å². The first-order valence-corrected chi connectivity index (χ1v) is 6.86. The summed E-state index contributed by atoms with van der Waals surface area (Å²) >= 11 is 0. The molecule has 2 rings (SSSR count). The molecule has 2 aliphatic rings. The fourth-order valence-electron chi connectivity index (χ4n) is 3.59. The molecule has 1 aliphatic heterocycles. The fourth-order valence-corrected chi connectivity index (χ4v) is 3.59. The van der Waals surface area contributed by atoms with Gasteiger partial charge in [-0.15, -0.1) is 0 Å². The van der Waals surface area contributed by atoms with Crippen LogP contribution < -0.4 is 5.73 Å². The highest BCUT2D eigenvalue weighted by atomic mass is 16.5. The molecule has 0 radical (unpaired) electrons. The molecule has 16 heavy (non-hydrogen) atoms. The van der Waals surface area contributed by atoms with Crippen LogP contribution in [0.5, 0.6) is 0 Å². The van der Waals surface area contributed by atoms with Gasteiger partial charge in [-0.3, -0.25) is 0 Å². The molecule has 0 aromatic rings. The first kappa shape index (κ1) is 12.4. The van der Waals surface area contributed by atoms with Gasteiger partial charge >= 0.3 is 0 Å². The topological polar surface area (TPSA) is 35.2 Å². The molecule has 0 atom stereocenters. The third-order valence-electron chi connectivity index (χ3n) is 4.63. The lowest BCUT2D eigenvalue weighted by Gasteiger charge is -2.52. The average Bonchev–Trinajstić information content (AvgIpc) is 2.25. The Hall–Kier alpha value is -0.0800. The van der Waals surface area contributed by atoms with E-state index in [0.717, 1.165) is 25.7 Å². The highest BCUT2D eigenvalue weighted by Gasteiger charge is 2.47. The summed E-state index contributed by atoms with van der Waals surface area (Å²) in [5.41, 5.74) is 6.64. The van der Waals surface area contributed by atoms with E-state index in [2.05, 4.69) is 13.8 Å². The Morgan fingerprint density at radius 2 is 1.81 bits per heavy atom. The molecule has 0 spiro atoms. The number of ether oxygens (including phenoxy) is 1. The van der Waals surface area contributed by atoms with E-state index < -0.39 is 0 Å². The Morgan fingerprint density at radius 3 is 2.25 bits per heavy atom. The molecule has 0 aromatic carbocycles. The van der Waals surface area contributed by atoms with E-state index in [9.17, 15) is 0 Å². The Balaban J connectivity index is 2.01. The van der Waals surface area contributed by atoms with E-state index in [1.165, 1.54) is 38.5 Å². The summed E-state index contributed by atoms with van der Waals surface area (Å²) < 4.78 is 5.54. The van der Waals surface area contributed by atoms with Crippen LogP contribution in [-0.2, 0) is 4.74 Å². The fraction of sp³-hybridized carbons (Fsp3) is 1.00. The summed E-state index contributed by atoms with van der Waals surface area (Å²) in [5.74, 6) is 0.904. The number of nitrogens with two attached hydrogens (primary N) is 1. The van der Waals surface area contributed by atoms with Gasteiger partial charge in [-0.05, 0) is 37.1 Å². The maximum atomic E-state index is 5.88. The number of hydrogen-bond donors (Lipinski definition) is 1. The number of rotatable bonds is 4. The lowest BCUT2D eigenvalue weighted by atomic mass is 9.61. The lowest BCUT2D eigenvalue weighted by Crippen LogP contribution is -2.52. The quantitative estimate of drug-likeness (QED) is 0.798. The third kappa shape index (κ3) is 2.43. The van der Waals surface area contributed by atoms with Crippen LogP contribution >= 0.6 is 0 Å². The summed E-state index contributed by atoms with van der Waals surface area (Å²) in [7, 11) is 0. The van der Waals surface area contributed by atoms with Crippen LogP contribution in [0.25, 0.3) is 0 Å². The van der Waals surface area contributed by atoms with Gasteiger partial charge in [0.05, 0.1) is 13.2 Å². The van der Waals surface area contributed by atoms with Gasteiger partial charge in [0.2, 0.25) is 0 Å². The van der Waals surface area contributed by atoms with Crippen LogP contribution in [0.3, 0.4) is 0 Å². The van der Waals surface area contributed by atoms with Gasteiger partial charge in [-0.25, -0.2) is 0 Å². The van der Waals surface area contributed by atoms with Crippen LogP contribution in [0.15, 0.2) is 0 Å². The number of hydrogen-bond acceptors (Lipinski definition) is 2. The van der Waals surface area contributed by atoms with Crippen molar-refractivity contribution in [2.24, 2.45) is 22.5 Å². The average molecular weight is 225 g/mol. The maximum absolute atomic E-state index is 5.88. The van der Waals surface area contributed by atoms with Crippen molar-refractivity contribution in [3.8, 4) is 0 Å². The molecule has 2 nitrogen and oxygen atoms in total. The molecule has 1 saturated heterocycles. The molecule has 1 aliphatic carbocycles. The SMILES string of the molecule is CC(C)(CN)CC1(C2CCCCC2)COC1. The minimum atomic E-state index is 0.279. The van der Waals surface area contributed by atoms with Crippen LogP contribution in [0, 0.1) is 16.7 Å². The standard InChI is InChI=1S/C14H27NO/c1-13(2,9-15)8-14(10-16-11-14)12-6-4-3-5-7-12/h12H,3-11,15H2,1-2H3. The minimum absolute atomic E-state index is 0.279. The summed E-state index contributed by atoms with van der Waals surface area (Å²) in [6, 6.07) is 0. The highest BCUT2D eigenvalue weighted by Crippen LogP contribution is 2.49. The Kier molecular flexibility index (Phi) is 3.60. The minimum Gasteiger partial charge on any atom is -0.380 e. The van der Waals surface area contributed by atoms with Gasteiger partial charge in [0.25, 0.3) is 0 Å². The predicted molar refractivity (Wildman–Crippen MR) is 67.3 cm³/mol. The monoisotopic (exact) mass is 225 g/mol. The molecule has 1 heterocycles. The molecule has 0 amide bonds. The van der Waals surface area contributed by atoms with Crippen molar-refractivity contribution in [2.75, 3.05) is 19.8 Å². The highest BCUT2D eigenvalue weighted by molar-refractivity contribution is 4.96. The second-order valence-electron chi connectivity index (χ2n) is 6.74. The Labute approximate surface area is 99.9 Å². The summed E-state index contributed by atoms with van der Waals surface area (Å²) in [6.45, 7) is 7.37. The van der Waals surface area contributed by atoms with Crippen LogP contribution in [0.2, 0.25) is 0 Å². The molecule has 2 fully saturated rings. The van der Waals surface area contributed by atoms with Crippen molar-refractivity contribution in [3.05, 3.63) is 0 Å². The zero-order chi connectivity index (χ0) is 11.6. The van der Waals surface area contributed by atoms with Crippen molar-refractivity contribution in [1.82, 2.24) is 0 Å². The zero-order valence-electron chi connectivity index (χ0n) is 10.9. The first-order chi connectivity index (χ1) is 7.58. The van der Waals surface area contributed by atoms with Crippen LogP contribution in [-0.4, -0.2) is 19.8 Å². The smallest absolute Gasteiger partial charge is 0.0547 e. The Bertz CT molecular complexity index is 227. The van der Waals surface area contributed by atoms with Gasteiger partial charge in [-0.2, -0.15) is 0 Å². The van der Waals surface area contributed by atoms with E-state index in [4.69, 9.17) is 10.5 Å². The van der Waals surface area contributed by atoms with Crippen molar-refractivity contribution < 1.29 is 4.74 Å². The van der Waals surface area contributed by atoms with Gasteiger partial charge in [0.15, 0.2) is 0 Å². The second kappa shape index (κ2) is 4.66. The molecule has 2 heteroatoms. The molecule has 0 aromatic heterocycles. The van der Waals surface area contributed by atoms with Crippen molar-refractivity contribution in [2.45, 2.75) is 52.4 Å². The normalized spacial score (nSPS) is 26.4. The van der Waals surface area contributed by atoms with Crippen LogP contribution in [0.4, 0.5) is 0 Å². The first-order valence-electron chi connectivity index (χ1n) is 6.86. The predicted octanol–water partition coefficient (Wildman–Crippen LogP) is 2.96. The van der Waals surface area contributed by atoms with E-state index in [1.54, 1.807) is 0 Å². The molecular formula is C14H27NO. The third-order valence-corrected chi connectivity index (χ3v) is 4.63. The van der Waals surface area contributed by atoms with Crippen LogP contribution in [0.1, 0.15) is 52.4 Å². The second-order valence-corrected chi connectivity index (χ2v) is 6.74.